The number of thiazole rings is 1. The molecule has 136 valence electrons. The Morgan fingerprint density at radius 3 is 2.72 bits per heavy atom. The summed E-state index contributed by atoms with van der Waals surface area (Å²) in [6.45, 7) is 3.16. The SMILES string of the molecule is COc1nccnc1N1CCC(C(O)CN(C)Cc2nccs2)CC1. The molecule has 0 aliphatic carbocycles. The molecule has 0 aromatic carbocycles. The van der Waals surface area contributed by atoms with E-state index in [2.05, 4.69) is 24.8 Å². The van der Waals surface area contributed by atoms with Gasteiger partial charge in [0.15, 0.2) is 5.82 Å². The Morgan fingerprint density at radius 2 is 2.04 bits per heavy atom. The number of hydrogen-bond acceptors (Lipinski definition) is 8. The fraction of sp³-hybridized carbons (Fsp3) is 0.588. The Hall–Kier alpha value is -1.77. The third-order valence-electron chi connectivity index (χ3n) is 4.61. The van der Waals surface area contributed by atoms with Gasteiger partial charge in [-0.1, -0.05) is 0 Å². The van der Waals surface area contributed by atoms with E-state index in [1.807, 2.05) is 18.6 Å². The Kier molecular flexibility index (Phi) is 6.17. The summed E-state index contributed by atoms with van der Waals surface area (Å²) in [6, 6.07) is 0. The third-order valence-corrected chi connectivity index (χ3v) is 5.37. The zero-order valence-electron chi connectivity index (χ0n) is 14.7. The number of ether oxygens (including phenoxy) is 1. The molecule has 2 aromatic heterocycles. The fourth-order valence-electron chi connectivity index (χ4n) is 3.27. The van der Waals surface area contributed by atoms with Gasteiger partial charge in [0.05, 0.1) is 19.8 Å². The van der Waals surface area contributed by atoms with E-state index >= 15 is 0 Å². The molecule has 0 saturated carbocycles. The van der Waals surface area contributed by atoms with E-state index < -0.39 is 0 Å². The van der Waals surface area contributed by atoms with Crippen LogP contribution in [0.3, 0.4) is 0 Å². The van der Waals surface area contributed by atoms with Crippen molar-refractivity contribution in [2.45, 2.75) is 25.5 Å². The summed E-state index contributed by atoms with van der Waals surface area (Å²) in [5, 5.41) is 13.7. The average Bonchev–Trinajstić information content (AvgIpc) is 3.14. The van der Waals surface area contributed by atoms with Crippen molar-refractivity contribution in [3.63, 3.8) is 0 Å². The molecular formula is C17H25N5O2S. The summed E-state index contributed by atoms with van der Waals surface area (Å²) in [6.07, 6.45) is 6.69. The minimum atomic E-state index is -0.323. The number of aliphatic hydroxyl groups is 1. The molecule has 0 spiro atoms. The number of aromatic nitrogens is 3. The zero-order valence-corrected chi connectivity index (χ0v) is 15.5. The molecule has 0 bridgehead atoms. The van der Waals surface area contributed by atoms with Crippen molar-refractivity contribution in [2.24, 2.45) is 5.92 Å². The number of rotatable bonds is 7. The van der Waals surface area contributed by atoms with E-state index in [1.165, 1.54) is 0 Å². The van der Waals surface area contributed by atoms with Crippen LogP contribution in [0.5, 0.6) is 5.88 Å². The van der Waals surface area contributed by atoms with Gasteiger partial charge < -0.3 is 14.7 Å². The predicted molar refractivity (Wildman–Crippen MR) is 98.0 cm³/mol. The van der Waals surface area contributed by atoms with Crippen LogP contribution in [-0.4, -0.2) is 64.9 Å². The summed E-state index contributed by atoms with van der Waals surface area (Å²) in [5.74, 6) is 1.65. The van der Waals surface area contributed by atoms with Crippen LogP contribution >= 0.6 is 11.3 Å². The number of aliphatic hydroxyl groups excluding tert-OH is 1. The minimum absolute atomic E-state index is 0.303. The molecule has 1 N–H and O–H groups in total. The lowest BCUT2D eigenvalue weighted by molar-refractivity contribution is 0.0589. The van der Waals surface area contributed by atoms with Gasteiger partial charge in [0.1, 0.15) is 5.01 Å². The Bertz CT molecular complexity index is 646. The molecule has 1 aliphatic heterocycles. The minimum Gasteiger partial charge on any atom is -0.478 e. The van der Waals surface area contributed by atoms with E-state index in [-0.39, 0.29) is 6.10 Å². The van der Waals surface area contributed by atoms with Crippen LogP contribution in [0.25, 0.3) is 0 Å². The molecule has 25 heavy (non-hydrogen) atoms. The summed E-state index contributed by atoms with van der Waals surface area (Å²) in [4.78, 5) is 17.2. The lowest BCUT2D eigenvalue weighted by Crippen LogP contribution is -2.42. The smallest absolute Gasteiger partial charge is 0.257 e. The number of nitrogens with zero attached hydrogens (tertiary/aromatic N) is 5. The third kappa shape index (κ3) is 4.65. The van der Waals surface area contributed by atoms with E-state index in [1.54, 1.807) is 30.8 Å². The van der Waals surface area contributed by atoms with Crippen molar-refractivity contribution in [1.29, 1.82) is 0 Å². The topological polar surface area (TPSA) is 74.6 Å². The van der Waals surface area contributed by atoms with Crippen LogP contribution in [0.1, 0.15) is 17.8 Å². The average molecular weight is 363 g/mol. The van der Waals surface area contributed by atoms with Gasteiger partial charge in [0.25, 0.3) is 5.88 Å². The van der Waals surface area contributed by atoms with E-state index in [4.69, 9.17) is 4.74 Å². The first-order valence-corrected chi connectivity index (χ1v) is 9.40. The molecule has 1 aliphatic rings. The van der Waals surface area contributed by atoms with E-state index in [0.717, 1.165) is 43.3 Å². The number of likely N-dealkylation sites (N-methyl/N-ethyl adjacent to an activating group) is 1. The highest BCUT2D eigenvalue weighted by molar-refractivity contribution is 7.09. The normalized spacial score (nSPS) is 17.0. The molecule has 0 radical (unpaired) electrons. The molecule has 1 unspecified atom stereocenters. The Balaban J connectivity index is 1.49. The maximum Gasteiger partial charge on any atom is 0.257 e. The lowest BCUT2D eigenvalue weighted by atomic mass is 9.91. The molecule has 2 aromatic rings. The van der Waals surface area contributed by atoms with Crippen molar-refractivity contribution in [1.82, 2.24) is 19.9 Å². The second-order valence-electron chi connectivity index (χ2n) is 6.40. The highest BCUT2D eigenvalue weighted by Crippen LogP contribution is 2.28. The standard InChI is InChI=1S/C17H25N5O2S/c1-21(12-15-18-7-10-25-15)11-14(23)13-3-8-22(9-4-13)16-17(24-2)20-6-5-19-16/h5-7,10,13-14,23H,3-4,8-9,11-12H2,1-2H3. The van der Waals surface area contributed by atoms with Gasteiger partial charge in [-0.05, 0) is 25.8 Å². The van der Waals surface area contributed by atoms with Crippen molar-refractivity contribution in [2.75, 3.05) is 38.7 Å². The maximum absolute atomic E-state index is 10.6. The van der Waals surface area contributed by atoms with Gasteiger partial charge in [-0.25, -0.2) is 15.0 Å². The first-order valence-electron chi connectivity index (χ1n) is 8.52. The number of methoxy groups -OCH3 is 1. The first kappa shape index (κ1) is 18.0. The highest BCUT2D eigenvalue weighted by atomic mass is 32.1. The fourth-order valence-corrected chi connectivity index (χ4v) is 3.97. The molecule has 7 nitrogen and oxygen atoms in total. The molecule has 3 rings (SSSR count). The molecule has 8 heteroatoms. The van der Waals surface area contributed by atoms with Crippen LogP contribution in [0, 0.1) is 5.92 Å². The summed E-state index contributed by atoms with van der Waals surface area (Å²) in [7, 11) is 3.65. The van der Waals surface area contributed by atoms with Gasteiger partial charge >= 0.3 is 0 Å². The number of anilines is 1. The molecule has 1 atom stereocenters. The zero-order chi connectivity index (χ0) is 17.6. The molecule has 0 amide bonds. The highest BCUT2D eigenvalue weighted by Gasteiger charge is 2.28. The monoisotopic (exact) mass is 363 g/mol. The van der Waals surface area contributed by atoms with Gasteiger partial charge in [0, 0.05) is 43.6 Å². The predicted octanol–water partition coefficient (Wildman–Crippen LogP) is 1.65. The van der Waals surface area contributed by atoms with Crippen LogP contribution in [0.15, 0.2) is 24.0 Å². The van der Waals surface area contributed by atoms with Gasteiger partial charge in [0.2, 0.25) is 0 Å². The van der Waals surface area contributed by atoms with E-state index in [0.29, 0.717) is 18.3 Å². The lowest BCUT2D eigenvalue weighted by Gasteiger charge is -2.36. The first-order chi connectivity index (χ1) is 12.2. The van der Waals surface area contributed by atoms with Crippen molar-refractivity contribution < 1.29 is 9.84 Å². The van der Waals surface area contributed by atoms with Gasteiger partial charge in [-0.15, -0.1) is 11.3 Å². The molecule has 1 saturated heterocycles. The summed E-state index contributed by atoms with van der Waals surface area (Å²) < 4.78 is 5.30. The van der Waals surface area contributed by atoms with Crippen molar-refractivity contribution in [3.8, 4) is 5.88 Å². The summed E-state index contributed by atoms with van der Waals surface area (Å²) in [5.41, 5.74) is 0. The van der Waals surface area contributed by atoms with E-state index in [9.17, 15) is 5.11 Å². The Labute approximate surface area is 152 Å². The van der Waals surface area contributed by atoms with Gasteiger partial charge in [-0.3, -0.25) is 4.90 Å². The quantitative estimate of drug-likeness (QED) is 0.802. The number of hydrogen-bond donors (Lipinski definition) is 1. The summed E-state index contributed by atoms with van der Waals surface area (Å²) >= 11 is 1.65. The second-order valence-corrected chi connectivity index (χ2v) is 7.38. The Morgan fingerprint density at radius 1 is 1.28 bits per heavy atom. The maximum atomic E-state index is 10.6. The second kappa shape index (κ2) is 8.55. The largest absolute Gasteiger partial charge is 0.478 e. The van der Waals surface area contributed by atoms with Crippen LogP contribution in [0.2, 0.25) is 0 Å². The van der Waals surface area contributed by atoms with Crippen LogP contribution < -0.4 is 9.64 Å². The molecular weight excluding hydrogens is 338 g/mol. The van der Waals surface area contributed by atoms with Gasteiger partial charge in [-0.2, -0.15) is 0 Å². The van der Waals surface area contributed by atoms with Crippen LogP contribution in [0.4, 0.5) is 5.82 Å². The van der Waals surface area contributed by atoms with Crippen LogP contribution in [-0.2, 0) is 6.54 Å². The molecule has 3 heterocycles. The van der Waals surface area contributed by atoms with Crippen molar-refractivity contribution in [3.05, 3.63) is 29.0 Å². The van der Waals surface area contributed by atoms with Crippen molar-refractivity contribution >= 4 is 17.2 Å². The number of piperidine rings is 1. The molecule has 1 fully saturated rings.